The first-order valence-corrected chi connectivity index (χ1v) is 11.5. The highest BCUT2D eigenvalue weighted by molar-refractivity contribution is 7.89. The van der Waals surface area contributed by atoms with Gasteiger partial charge in [-0.25, -0.2) is 8.42 Å². The summed E-state index contributed by atoms with van der Waals surface area (Å²) in [4.78, 5) is 13.0. The minimum atomic E-state index is -3.64. The molecule has 4 rings (SSSR count). The van der Waals surface area contributed by atoms with Crippen LogP contribution in [0.1, 0.15) is 47.9 Å². The Balaban J connectivity index is 1.56. The molecule has 1 aromatic carbocycles. The second kappa shape index (κ2) is 8.16. The van der Waals surface area contributed by atoms with Crippen LogP contribution >= 0.6 is 0 Å². The molecule has 1 amide bonds. The van der Waals surface area contributed by atoms with Crippen molar-refractivity contribution in [2.75, 3.05) is 6.54 Å². The number of benzene rings is 1. The molecule has 9 heteroatoms. The molecule has 1 fully saturated rings. The zero-order valence-electron chi connectivity index (χ0n) is 17.1. The van der Waals surface area contributed by atoms with E-state index in [2.05, 4.69) is 15.5 Å². The third kappa shape index (κ3) is 3.82. The number of hydrogen-bond acceptors (Lipinski definition) is 5. The molecule has 30 heavy (non-hydrogen) atoms. The predicted octanol–water partition coefficient (Wildman–Crippen LogP) is 2.53. The van der Waals surface area contributed by atoms with Crippen molar-refractivity contribution in [1.29, 1.82) is 0 Å². The van der Waals surface area contributed by atoms with Crippen LogP contribution < -0.4 is 5.32 Å². The quantitative estimate of drug-likeness (QED) is 0.675. The van der Waals surface area contributed by atoms with Gasteiger partial charge in [0, 0.05) is 24.3 Å². The summed E-state index contributed by atoms with van der Waals surface area (Å²) in [5, 5.41) is 11.0. The van der Waals surface area contributed by atoms with Crippen molar-refractivity contribution < 1.29 is 13.2 Å². The van der Waals surface area contributed by atoms with E-state index in [1.165, 1.54) is 6.07 Å². The fourth-order valence-electron chi connectivity index (χ4n) is 3.84. The van der Waals surface area contributed by atoms with Gasteiger partial charge >= 0.3 is 0 Å². The highest BCUT2D eigenvalue weighted by atomic mass is 32.2. The number of fused-ring (bicyclic) bond motifs is 1. The summed E-state index contributed by atoms with van der Waals surface area (Å²) in [6.45, 7) is 4.42. The van der Waals surface area contributed by atoms with Crippen molar-refractivity contribution in [3.05, 3.63) is 59.5 Å². The van der Waals surface area contributed by atoms with Gasteiger partial charge in [0.2, 0.25) is 10.0 Å². The van der Waals surface area contributed by atoms with Gasteiger partial charge in [0.25, 0.3) is 5.91 Å². The fraction of sp³-hybridized carbons (Fsp3) is 0.381. The van der Waals surface area contributed by atoms with Crippen LogP contribution in [0.15, 0.2) is 47.5 Å². The van der Waals surface area contributed by atoms with Crippen molar-refractivity contribution in [3.63, 3.8) is 0 Å². The number of carbonyl (C=O) groups excluding carboxylic acids is 1. The maximum atomic E-state index is 13.1. The average Bonchev–Trinajstić information content (AvgIpc) is 3.15. The molecule has 3 heterocycles. The number of hydrogen-bond donors (Lipinski definition) is 1. The minimum Gasteiger partial charge on any atom is -0.345 e. The summed E-state index contributed by atoms with van der Waals surface area (Å²) < 4.78 is 29.6. The third-order valence-electron chi connectivity index (χ3n) is 5.59. The SMILES string of the molecule is Cc1ccc(S(=O)(=O)N2CCCCC2C)cc1C(=O)NCc1nnc2ccccn12. The van der Waals surface area contributed by atoms with E-state index in [0.29, 0.717) is 29.1 Å². The second-order valence-electron chi connectivity index (χ2n) is 7.67. The first-order valence-electron chi connectivity index (χ1n) is 10.1. The molecule has 1 atom stereocenters. The lowest BCUT2D eigenvalue weighted by Crippen LogP contribution is -2.42. The Hall–Kier alpha value is -2.78. The second-order valence-corrected chi connectivity index (χ2v) is 9.56. The lowest BCUT2D eigenvalue weighted by molar-refractivity contribution is 0.0949. The molecule has 0 aliphatic carbocycles. The molecule has 1 unspecified atom stereocenters. The number of piperidine rings is 1. The molecule has 0 bridgehead atoms. The Kier molecular flexibility index (Phi) is 5.57. The molecule has 1 aliphatic heterocycles. The topological polar surface area (TPSA) is 96.7 Å². The molecule has 1 saturated heterocycles. The van der Waals surface area contributed by atoms with E-state index in [0.717, 1.165) is 19.3 Å². The van der Waals surface area contributed by atoms with Crippen molar-refractivity contribution >= 4 is 21.6 Å². The van der Waals surface area contributed by atoms with Crippen molar-refractivity contribution in [3.8, 4) is 0 Å². The monoisotopic (exact) mass is 427 g/mol. The summed E-state index contributed by atoms with van der Waals surface area (Å²) in [6, 6.07) is 10.3. The van der Waals surface area contributed by atoms with E-state index in [1.54, 1.807) is 27.8 Å². The largest absolute Gasteiger partial charge is 0.345 e. The summed E-state index contributed by atoms with van der Waals surface area (Å²) in [5.41, 5.74) is 1.75. The maximum absolute atomic E-state index is 13.1. The Morgan fingerprint density at radius 1 is 1.20 bits per heavy atom. The van der Waals surface area contributed by atoms with Crippen molar-refractivity contribution in [1.82, 2.24) is 24.2 Å². The van der Waals surface area contributed by atoms with Crippen LogP contribution in [-0.4, -0.2) is 45.8 Å². The number of sulfonamides is 1. The fourth-order valence-corrected chi connectivity index (χ4v) is 5.56. The van der Waals surface area contributed by atoms with Crippen LogP contribution in [0.4, 0.5) is 0 Å². The first kappa shape index (κ1) is 20.5. The van der Waals surface area contributed by atoms with Gasteiger partial charge in [-0.15, -0.1) is 10.2 Å². The van der Waals surface area contributed by atoms with Crippen LogP contribution in [0.25, 0.3) is 5.65 Å². The van der Waals surface area contributed by atoms with Gasteiger partial charge in [0.05, 0.1) is 11.4 Å². The lowest BCUT2D eigenvalue weighted by atomic mass is 10.1. The minimum absolute atomic E-state index is 0.0384. The average molecular weight is 428 g/mol. The Morgan fingerprint density at radius 2 is 2.03 bits per heavy atom. The van der Waals surface area contributed by atoms with Crippen LogP contribution in [-0.2, 0) is 16.6 Å². The van der Waals surface area contributed by atoms with E-state index in [4.69, 9.17) is 0 Å². The molecule has 3 aromatic rings. The van der Waals surface area contributed by atoms with E-state index < -0.39 is 10.0 Å². The van der Waals surface area contributed by atoms with Gasteiger partial charge in [-0.2, -0.15) is 4.31 Å². The molecule has 0 radical (unpaired) electrons. The lowest BCUT2D eigenvalue weighted by Gasteiger charge is -2.32. The normalized spacial score (nSPS) is 17.9. The Morgan fingerprint density at radius 3 is 2.83 bits per heavy atom. The number of pyridine rings is 1. The number of amides is 1. The highest BCUT2D eigenvalue weighted by Crippen LogP contribution is 2.26. The smallest absolute Gasteiger partial charge is 0.251 e. The number of carbonyl (C=O) groups is 1. The Labute approximate surface area is 176 Å². The number of aromatic nitrogens is 3. The standard InChI is InChI=1S/C21H25N5O3S/c1-15-9-10-17(30(28,29)26-12-6-3-7-16(26)2)13-18(15)21(27)22-14-20-24-23-19-8-4-5-11-25(19)20/h4-5,8-11,13,16H,3,6-7,12,14H2,1-2H3,(H,22,27). The predicted molar refractivity (Wildman–Crippen MR) is 113 cm³/mol. The van der Waals surface area contributed by atoms with Gasteiger partial charge in [-0.3, -0.25) is 9.20 Å². The molecule has 2 aromatic heterocycles. The van der Waals surface area contributed by atoms with E-state index in [9.17, 15) is 13.2 Å². The maximum Gasteiger partial charge on any atom is 0.251 e. The molecular weight excluding hydrogens is 402 g/mol. The van der Waals surface area contributed by atoms with E-state index >= 15 is 0 Å². The summed E-state index contributed by atoms with van der Waals surface area (Å²) >= 11 is 0. The van der Waals surface area contributed by atoms with Crippen LogP contribution in [0.2, 0.25) is 0 Å². The van der Waals surface area contributed by atoms with Gasteiger partial charge in [0.15, 0.2) is 11.5 Å². The molecule has 8 nitrogen and oxygen atoms in total. The van der Waals surface area contributed by atoms with Crippen molar-refractivity contribution in [2.45, 2.75) is 50.6 Å². The summed E-state index contributed by atoms with van der Waals surface area (Å²) in [7, 11) is -3.64. The highest BCUT2D eigenvalue weighted by Gasteiger charge is 2.31. The van der Waals surface area contributed by atoms with Gasteiger partial charge in [-0.05, 0) is 56.5 Å². The number of nitrogens with one attached hydrogen (secondary N) is 1. The molecule has 1 aliphatic rings. The van der Waals surface area contributed by atoms with Crippen LogP contribution in [0, 0.1) is 6.92 Å². The number of nitrogens with zero attached hydrogens (tertiary/aromatic N) is 4. The number of aryl methyl sites for hydroxylation is 1. The number of rotatable bonds is 5. The first-order chi connectivity index (χ1) is 14.4. The molecule has 0 spiro atoms. The van der Waals surface area contributed by atoms with Gasteiger partial charge in [-0.1, -0.05) is 18.6 Å². The van der Waals surface area contributed by atoms with E-state index in [1.807, 2.05) is 31.3 Å². The zero-order valence-corrected chi connectivity index (χ0v) is 17.9. The van der Waals surface area contributed by atoms with Crippen LogP contribution in [0.3, 0.4) is 0 Å². The summed E-state index contributed by atoms with van der Waals surface area (Å²) in [5.74, 6) is 0.256. The molecule has 0 saturated carbocycles. The molecular formula is C21H25N5O3S. The molecule has 1 N–H and O–H groups in total. The van der Waals surface area contributed by atoms with Crippen molar-refractivity contribution in [2.24, 2.45) is 0 Å². The van der Waals surface area contributed by atoms with Gasteiger partial charge in [0.1, 0.15) is 0 Å². The van der Waals surface area contributed by atoms with Gasteiger partial charge < -0.3 is 5.32 Å². The zero-order chi connectivity index (χ0) is 21.3. The summed E-state index contributed by atoms with van der Waals surface area (Å²) in [6.07, 6.45) is 4.57. The third-order valence-corrected chi connectivity index (χ3v) is 7.60. The molecule has 158 valence electrons. The van der Waals surface area contributed by atoms with E-state index in [-0.39, 0.29) is 23.4 Å². The Bertz CT molecular complexity index is 1190. The van der Waals surface area contributed by atoms with Crippen LogP contribution in [0.5, 0.6) is 0 Å².